The Morgan fingerprint density at radius 3 is 2.58 bits per heavy atom. The summed E-state index contributed by atoms with van der Waals surface area (Å²) in [4.78, 5) is 27.9. The highest BCUT2D eigenvalue weighted by molar-refractivity contribution is 5.90. The Morgan fingerprint density at radius 1 is 1.12 bits per heavy atom. The number of carbonyl (C=O) groups is 2. The van der Waals surface area contributed by atoms with Crippen molar-refractivity contribution in [3.05, 3.63) is 11.6 Å². The van der Waals surface area contributed by atoms with E-state index in [0.717, 1.165) is 0 Å². The molecular weight excluding hydrogens is 314 g/mol. The summed E-state index contributed by atoms with van der Waals surface area (Å²) in [6.07, 6.45) is -0.348. The van der Waals surface area contributed by atoms with Crippen molar-refractivity contribution in [3.63, 3.8) is 0 Å². The van der Waals surface area contributed by atoms with Crippen molar-refractivity contribution in [2.45, 2.75) is 26.9 Å². The predicted octanol–water partition coefficient (Wildman–Crippen LogP) is 0.359. The minimum atomic E-state index is -0.348. The fourth-order valence-corrected chi connectivity index (χ4v) is 2.71. The van der Waals surface area contributed by atoms with E-state index in [1.807, 2.05) is 13.8 Å². The topological polar surface area (TPSA) is 89.8 Å². The van der Waals surface area contributed by atoms with E-state index in [4.69, 9.17) is 9.47 Å². The molecule has 0 radical (unpaired) electrons. The first-order valence-corrected chi connectivity index (χ1v) is 8.27. The third kappa shape index (κ3) is 3.50. The molecule has 0 aliphatic carbocycles. The lowest BCUT2D eigenvalue weighted by atomic mass is 10.2. The Kier molecular flexibility index (Phi) is 4.98. The van der Waals surface area contributed by atoms with Crippen LogP contribution in [0.1, 0.15) is 30.3 Å². The molecule has 2 amide bonds. The third-order valence-corrected chi connectivity index (χ3v) is 4.04. The summed E-state index contributed by atoms with van der Waals surface area (Å²) in [5.41, 5.74) is 0. The van der Waals surface area contributed by atoms with Crippen LogP contribution in [0.5, 0.6) is 0 Å². The smallest absolute Gasteiger partial charge is 0.410 e. The van der Waals surface area contributed by atoms with Crippen molar-refractivity contribution in [3.8, 4) is 0 Å². The monoisotopic (exact) mass is 337 g/mol. The second-order valence-corrected chi connectivity index (χ2v) is 6.39. The second-order valence-electron chi connectivity index (χ2n) is 6.39. The van der Waals surface area contributed by atoms with Crippen LogP contribution >= 0.6 is 0 Å². The number of amides is 2. The molecule has 1 aromatic rings. The molecule has 9 heteroatoms. The molecular formula is C15H23N5O4. The zero-order valence-corrected chi connectivity index (χ0v) is 14.1. The Hall–Kier alpha value is -2.16. The molecule has 1 aromatic heterocycles. The van der Waals surface area contributed by atoms with E-state index < -0.39 is 0 Å². The van der Waals surface area contributed by atoms with E-state index in [2.05, 4.69) is 10.2 Å². The molecule has 0 N–H and O–H groups in total. The Morgan fingerprint density at radius 2 is 1.88 bits per heavy atom. The van der Waals surface area contributed by atoms with Gasteiger partial charge in [-0.15, -0.1) is 10.2 Å². The average molecular weight is 337 g/mol. The number of hydrogen-bond donors (Lipinski definition) is 0. The van der Waals surface area contributed by atoms with Gasteiger partial charge in [0.25, 0.3) is 5.91 Å². The number of fused-ring (bicyclic) bond motifs is 1. The fourth-order valence-electron chi connectivity index (χ4n) is 2.71. The molecule has 0 saturated carbocycles. The van der Waals surface area contributed by atoms with Crippen molar-refractivity contribution in [1.82, 2.24) is 24.6 Å². The van der Waals surface area contributed by atoms with Gasteiger partial charge in [-0.25, -0.2) is 4.79 Å². The predicted molar refractivity (Wildman–Crippen MR) is 83.3 cm³/mol. The molecule has 0 aromatic carbocycles. The second kappa shape index (κ2) is 7.16. The highest BCUT2D eigenvalue weighted by Crippen LogP contribution is 2.15. The van der Waals surface area contributed by atoms with Crippen LogP contribution in [0.3, 0.4) is 0 Å². The molecule has 132 valence electrons. The van der Waals surface area contributed by atoms with Gasteiger partial charge in [0.2, 0.25) is 5.82 Å². The zero-order valence-electron chi connectivity index (χ0n) is 14.1. The molecule has 24 heavy (non-hydrogen) atoms. The van der Waals surface area contributed by atoms with Gasteiger partial charge in [0.15, 0.2) is 5.82 Å². The quantitative estimate of drug-likeness (QED) is 0.791. The summed E-state index contributed by atoms with van der Waals surface area (Å²) >= 11 is 0. The standard InChI is InChI=1S/C15H23N5O4/c1-11(2)10-24-15(22)19-3-4-20-12(9-19)16-17-13(20)14(21)18-5-7-23-8-6-18/h11H,3-10H2,1-2H3. The molecule has 9 nitrogen and oxygen atoms in total. The van der Waals surface area contributed by atoms with Crippen molar-refractivity contribution in [2.75, 3.05) is 39.5 Å². The van der Waals surface area contributed by atoms with Crippen LogP contribution in [0.15, 0.2) is 0 Å². The van der Waals surface area contributed by atoms with E-state index in [9.17, 15) is 9.59 Å². The Balaban J connectivity index is 1.65. The number of carbonyl (C=O) groups excluding carboxylic acids is 2. The maximum Gasteiger partial charge on any atom is 0.410 e. The molecule has 2 aliphatic heterocycles. The molecule has 1 fully saturated rings. The Bertz CT molecular complexity index is 609. The summed E-state index contributed by atoms with van der Waals surface area (Å²) in [6.45, 7) is 7.86. The van der Waals surface area contributed by atoms with Crippen LogP contribution in [0.2, 0.25) is 0 Å². The first-order valence-electron chi connectivity index (χ1n) is 8.27. The maximum atomic E-state index is 12.6. The van der Waals surface area contributed by atoms with Gasteiger partial charge in [-0.1, -0.05) is 13.8 Å². The lowest BCUT2D eigenvalue weighted by Crippen LogP contribution is -2.43. The van der Waals surface area contributed by atoms with Crippen LogP contribution in [0.4, 0.5) is 4.79 Å². The molecule has 3 rings (SSSR count). The SMILES string of the molecule is CC(C)COC(=O)N1CCn2c(nnc2C(=O)N2CCOCC2)C1. The molecule has 0 unspecified atom stereocenters. The van der Waals surface area contributed by atoms with Crippen LogP contribution in [-0.4, -0.2) is 76.0 Å². The van der Waals surface area contributed by atoms with E-state index >= 15 is 0 Å². The van der Waals surface area contributed by atoms with Crippen molar-refractivity contribution >= 4 is 12.0 Å². The highest BCUT2D eigenvalue weighted by atomic mass is 16.6. The van der Waals surface area contributed by atoms with Crippen LogP contribution in [0.25, 0.3) is 0 Å². The minimum absolute atomic E-state index is 0.132. The highest BCUT2D eigenvalue weighted by Gasteiger charge is 2.30. The largest absolute Gasteiger partial charge is 0.449 e. The van der Waals surface area contributed by atoms with Gasteiger partial charge >= 0.3 is 6.09 Å². The van der Waals surface area contributed by atoms with E-state index in [-0.39, 0.29) is 12.0 Å². The van der Waals surface area contributed by atoms with Crippen molar-refractivity contribution in [2.24, 2.45) is 5.92 Å². The minimum Gasteiger partial charge on any atom is -0.449 e. The van der Waals surface area contributed by atoms with Gasteiger partial charge in [-0.3, -0.25) is 9.69 Å². The van der Waals surface area contributed by atoms with Gasteiger partial charge < -0.3 is 18.9 Å². The summed E-state index contributed by atoms with van der Waals surface area (Å²) in [7, 11) is 0. The molecule has 0 bridgehead atoms. The van der Waals surface area contributed by atoms with Gasteiger partial charge in [0.1, 0.15) is 0 Å². The maximum absolute atomic E-state index is 12.6. The zero-order chi connectivity index (χ0) is 17.1. The summed E-state index contributed by atoms with van der Waals surface area (Å²) in [5.74, 6) is 1.11. The van der Waals surface area contributed by atoms with Crippen LogP contribution in [0, 0.1) is 5.92 Å². The first kappa shape index (κ1) is 16.7. The lowest BCUT2D eigenvalue weighted by molar-refractivity contribution is 0.0289. The number of aromatic nitrogens is 3. The number of nitrogens with zero attached hydrogens (tertiary/aromatic N) is 5. The number of morpholine rings is 1. The van der Waals surface area contributed by atoms with Gasteiger partial charge in [0, 0.05) is 26.2 Å². The first-order chi connectivity index (χ1) is 11.6. The van der Waals surface area contributed by atoms with Gasteiger partial charge in [0.05, 0.1) is 26.4 Å². The number of rotatable bonds is 3. The van der Waals surface area contributed by atoms with E-state index in [1.165, 1.54) is 0 Å². The van der Waals surface area contributed by atoms with Gasteiger partial charge in [-0.2, -0.15) is 0 Å². The third-order valence-electron chi connectivity index (χ3n) is 4.04. The number of ether oxygens (including phenoxy) is 2. The number of hydrogen-bond acceptors (Lipinski definition) is 6. The normalized spacial score (nSPS) is 17.8. The lowest BCUT2D eigenvalue weighted by Gasteiger charge is -2.29. The van der Waals surface area contributed by atoms with Crippen LogP contribution in [-0.2, 0) is 22.6 Å². The molecule has 1 saturated heterocycles. The van der Waals surface area contributed by atoms with Gasteiger partial charge in [-0.05, 0) is 5.92 Å². The summed E-state index contributed by atoms with van der Waals surface area (Å²) < 4.78 is 12.3. The summed E-state index contributed by atoms with van der Waals surface area (Å²) in [5, 5.41) is 8.13. The van der Waals surface area contributed by atoms with E-state index in [0.29, 0.717) is 70.1 Å². The molecule has 2 aliphatic rings. The van der Waals surface area contributed by atoms with Crippen molar-refractivity contribution in [1.29, 1.82) is 0 Å². The van der Waals surface area contributed by atoms with E-state index in [1.54, 1.807) is 14.4 Å². The fraction of sp³-hybridized carbons (Fsp3) is 0.733. The molecule has 0 atom stereocenters. The van der Waals surface area contributed by atoms with Crippen molar-refractivity contribution < 1.29 is 19.1 Å². The average Bonchev–Trinajstić information content (AvgIpc) is 3.02. The molecule has 0 spiro atoms. The van der Waals surface area contributed by atoms with Crippen LogP contribution < -0.4 is 0 Å². The summed E-state index contributed by atoms with van der Waals surface area (Å²) in [6, 6.07) is 0. The Labute approximate surface area is 140 Å². The molecule has 3 heterocycles.